The van der Waals surface area contributed by atoms with E-state index in [0.29, 0.717) is 16.8 Å². The van der Waals surface area contributed by atoms with Crippen LogP contribution in [0, 0.1) is 0 Å². The molecule has 0 atom stereocenters. The maximum Gasteiger partial charge on any atom is 0.260 e. The summed E-state index contributed by atoms with van der Waals surface area (Å²) in [5.74, 6) is 0.770. The van der Waals surface area contributed by atoms with E-state index in [1.54, 1.807) is 24.3 Å². The van der Waals surface area contributed by atoms with Crippen molar-refractivity contribution in [3.8, 4) is 5.75 Å². The van der Waals surface area contributed by atoms with Crippen molar-refractivity contribution < 1.29 is 9.53 Å². The highest BCUT2D eigenvalue weighted by Gasteiger charge is 2.27. The summed E-state index contributed by atoms with van der Waals surface area (Å²) in [5, 5.41) is 0.671. The van der Waals surface area contributed by atoms with Crippen molar-refractivity contribution in [3.63, 3.8) is 0 Å². The molecule has 1 amide bonds. The molecule has 0 spiro atoms. The van der Waals surface area contributed by atoms with Gasteiger partial charge in [0.1, 0.15) is 5.75 Å². The van der Waals surface area contributed by atoms with Crippen LogP contribution in [-0.2, 0) is 4.79 Å². The number of carbonyl (C=O) groups excluding carboxylic acids is 1. The fourth-order valence-electron chi connectivity index (χ4n) is 3.71. The lowest BCUT2D eigenvalue weighted by Crippen LogP contribution is -2.48. The topological polar surface area (TPSA) is 32.8 Å². The molecule has 0 unspecified atom stereocenters. The molecule has 4 nitrogen and oxygen atoms in total. The molecule has 1 aromatic carbocycles. The summed E-state index contributed by atoms with van der Waals surface area (Å²) in [7, 11) is 0. The number of carbonyl (C=O) groups is 1. The molecule has 5 heteroatoms. The fourth-order valence-corrected chi connectivity index (χ4v) is 3.83. The monoisotopic (exact) mass is 350 g/mol. The van der Waals surface area contributed by atoms with Gasteiger partial charge in [0.05, 0.1) is 0 Å². The lowest BCUT2D eigenvalue weighted by atomic mass is 10.0. The van der Waals surface area contributed by atoms with Gasteiger partial charge in [-0.3, -0.25) is 4.79 Å². The van der Waals surface area contributed by atoms with E-state index in [1.165, 1.54) is 38.8 Å². The maximum absolute atomic E-state index is 12.3. The summed E-state index contributed by atoms with van der Waals surface area (Å²) < 4.78 is 5.58. The molecule has 2 heterocycles. The van der Waals surface area contributed by atoms with Gasteiger partial charge in [0, 0.05) is 24.2 Å². The van der Waals surface area contributed by atoms with Gasteiger partial charge in [-0.1, -0.05) is 24.4 Å². The number of ether oxygens (including phenoxy) is 1. The Labute approximate surface area is 149 Å². The van der Waals surface area contributed by atoms with Gasteiger partial charge in [-0.25, -0.2) is 0 Å². The van der Waals surface area contributed by atoms with Crippen molar-refractivity contribution >= 4 is 17.5 Å². The summed E-state index contributed by atoms with van der Waals surface area (Å²) in [4.78, 5) is 16.9. The normalized spacial score (nSPS) is 20.6. The highest BCUT2D eigenvalue weighted by Crippen LogP contribution is 2.21. The quantitative estimate of drug-likeness (QED) is 0.832. The van der Waals surface area contributed by atoms with Crippen LogP contribution in [0.1, 0.15) is 38.5 Å². The lowest BCUT2D eigenvalue weighted by molar-refractivity contribution is -0.135. The molecule has 132 valence electrons. The number of hydrogen-bond acceptors (Lipinski definition) is 3. The summed E-state index contributed by atoms with van der Waals surface area (Å²) in [5.41, 5.74) is 0. The highest BCUT2D eigenvalue weighted by molar-refractivity contribution is 6.30. The van der Waals surface area contributed by atoms with E-state index in [0.717, 1.165) is 25.9 Å². The van der Waals surface area contributed by atoms with E-state index in [-0.39, 0.29) is 12.5 Å². The third-order valence-corrected chi connectivity index (χ3v) is 5.40. The number of nitrogens with zero attached hydrogens (tertiary/aromatic N) is 2. The van der Waals surface area contributed by atoms with E-state index >= 15 is 0 Å². The van der Waals surface area contributed by atoms with Crippen molar-refractivity contribution in [3.05, 3.63) is 29.3 Å². The SMILES string of the molecule is O=C(COc1ccc(Cl)cc1)N1CCC(N2CCCCCC2)CC1. The van der Waals surface area contributed by atoms with Crippen LogP contribution in [0.15, 0.2) is 24.3 Å². The van der Waals surface area contributed by atoms with Gasteiger partial charge in [0.25, 0.3) is 5.91 Å². The predicted octanol–water partition coefficient (Wildman–Crippen LogP) is 3.59. The number of hydrogen-bond donors (Lipinski definition) is 0. The second-order valence-corrected chi connectivity index (χ2v) is 7.24. The van der Waals surface area contributed by atoms with Gasteiger partial charge in [-0.2, -0.15) is 0 Å². The van der Waals surface area contributed by atoms with Crippen molar-refractivity contribution in [1.29, 1.82) is 0 Å². The number of amides is 1. The van der Waals surface area contributed by atoms with E-state index in [9.17, 15) is 4.79 Å². The third-order valence-electron chi connectivity index (χ3n) is 5.15. The van der Waals surface area contributed by atoms with Gasteiger partial charge in [-0.15, -0.1) is 0 Å². The predicted molar refractivity (Wildman–Crippen MR) is 96.6 cm³/mol. The zero-order chi connectivity index (χ0) is 16.8. The molecule has 24 heavy (non-hydrogen) atoms. The zero-order valence-electron chi connectivity index (χ0n) is 14.3. The summed E-state index contributed by atoms with van der Waals surface area (Å²) >= 11 is 5.85. The van der Waals surface area contributed by atoms with Gasteiger partial charge in [0.15, 0.2) is 6.61 Å². The molecule has 0 aliphatic carbocycles. The Morgan fingerprint density at radius 2 is 1.62 bits per heavy atom. The molecule has 0 bridgehead atoms. The molecule has 3 rings (SSSR count). The average molecular weight is 351 g/mol. The van der Waals surface area contributed by atoms with Crippen molar-refractivity contribution in [2.75, 3.05) is 32.8 Å². The standard InChI is InChI=1S/C19H27ClN2O2/c20-16-5-7-18(8-6-16)24-15-19(23)22-13-9-17(10-14-22)21-11-3-1-2-4-12-21/h5-8,17H,1-4,9-15H2. The van der Waals surface area contributed by atoms with E-state index in [2.05, 4.69) is 4.90 Å². The van der Waals surface area contributed by atoms with Crippen molar-refractivity contribution in [1.82, 2.24) is 9.80 Å². The smallest absolute Gasteiger partial charge is 0.260 e. The van der Waals surface area contributed by atoms with Crippen LogP contribution in [0.5, 0.6) is 5.75 Å². The third kappa shape index (κ3) is 4.87. The molecular weight excluding hydrogens is 324 g/mol. The molecule has 2 fully saturated rings. The maximum atomic E-state index is 12.3. The minimum absolute atomic E-state index is 0.0827. The summed E-state index contributed by atoms with van der Waals surface area (Å²) in [6.45, 7) is 4.28. The molecule has 0 aromatic heterocycles. The summed E-state index contributed by atoms with van der Waals surface area (Å²) in [6.07, 6.45) is 7.58. The van der Waals surface area contributed by atoms with Crippen LogP contribution in [0.4, 0.5) is 0 Å². The second-order valence-electron chi connectivity index (χ2n) is 6.80. The first-order chi connectivity index (χ1) is 11.7. The molecule has 2 aliphatic heterocycles. The lowest BCUT2D eigenvalue weighted by Gasteiger charge is -2.38. The van der Waals surface area contributed by atoms with E-state index in [1.807, 2.05) is 4.90 Å². The first-order valence-corrected chi connectivity index (χ1v) is 9.50. The molecule has 0 saturated carbocycles. The molecule has 1 aromatic rings. The molecular formula is C19H27ClN2O2. The molecule has 2 saturated heterocycles. The van der Waals surface area contributed by atoms with Gasteiger partial charge >= 0.3 is 0 Å². The Morgan fingerprint density at radius 3 is 2.25 bits per heavy atom. The van der Waals surface area contributed by atoms with Crippen LogP contribution in [0.2, 0.25) is 5.02 Å². The number of likely N-dealkylation sites (tertiary alicyclic amines) is 2. The largest absolute Gasteiger partial charge is 0.484 e. The number of halogens is 1. The van der Waals surface area contributed by atoms with Crippen molar-refractivity contribution in [2.24, 2.45) is 0 Å². The Kier molecular flexibility index (Phi) is 6.38. The Bertz CT molecular complexity index is 519. The van der Waals surface area contributed by atoms with E-state index < -0.39 is 0 Å². The van der Waals surface area contributed by atoms with Crippen LogP contribution in [-0.4, -0.2) is 54.5 Å². The highest BCUT2D eigenvalue weighted by atomic mass is 35.5. The first-order valence-electron chi connectivity index (χ1n) is 9.12. The van der Waals surface area contributed by atoms with Gasteiger partial charge in [-0.05, 0) is 63.0 Å². The van der Waals surface area contributed by atoms with Crippen LogP contribution in [0.3, 0.4) is 0 Å². The van der Waals surface area contributed by atoms with Crippen LogP contribution in [0.25, 0.3) is 0 Å². The Hall–Kier alpha value is -1.26. The minimum atomic E-state index is 0.0827. The minimum Gasteiger partial charge on any atom is -0.484 e. The molecule has 2 aliphatic rings. The number of rotatable bonds is 4. The van der Waals surface area contributed by atoms with E-state index in [4.69, 9.17) is 16.3 Å². The second kappa shape index (κ2) is 8.72. The number of benzene rings is 1. The van der Waals surface area contributed by atoms with Gasteiger partial charge < -0.3 is 14.5 Å². The Morgan fingerprint density at radius 1 is 1.00 bits per heavy atom. The fraction of sp³-hybridized carbons (Fsp3) is 0.632. The number of piperidine rings is 1. The van der Waals surface area contributed by atoms with Crippen molar-refractivity contribution in [2.45, 2.75) is 44.6 Å². The van der Waals surface area contributed by atoms with Crippen LogP contribution < -0.4 is 4.74 Å². The zero-order valence-corrected chi connectivity index (χ0v) is 15.0. The first kappa shape index (κ1) is 17.6. The van der Waals surface area contributed by atoms with Gasteiger partial charge in [0.2, 0.25) is 0 Å². The summed E-state index contributed by atoms with van der Waals surface area (Å²) in [6, 6.07) is 7.79. The molecule has 0 N–H and O–H groups in total. The van der Waals surface area contributed by atoms with Crippen LogP contribution >= 0.6 is 11.6 Å². The molecule has 0 radical (unpaired) electrons. The average Bonchev–Trinajstić information content (AvgIpc) is 2.90. The Balaban J connectivity index is 1.42.